The minimum absolute atomic E-state index is 0.135. The predicted octanol–water partition coefficient (Wildman–Crippen LogP) is 1.93. The predicted molar refractivity (Wildman–Crippen MR) is 80.4 cm³/mol. The first kappa shape index (κ1) is 16.7. The Morgan fingerprint density at radius 2 is 1.91 bits per heavy atom. The molecule has 1 aromatic carbocycles. The molecule has 0 spiro atoms. The van der Waals surface area contributed by atoms with Gasteiger partial charge in [0.1, 0.15) is 0 Å². The standard InChI is InChI=1S/C16H23NO5/c1-16(2)21-10-13(14(18)11-22-16)9-17(15(19)20)8-12-6-4-3-5-7-12/h3-7,13-14,18H,8-11H2,1-2H3,(H,19,20). The van der Waals surface area contributed by atoms with Crippen molar-refractivity contribution in [1.29, 1.82) is 0 Å². The van der Waals surface area contributed by atoms with E-state index in [4.69, 9.17) is 9.47 Å². The Morgan fingerprint density at radius 3 is 2.55 bits per heavy atom. The highest BCUT2D eigenvalue weighted by Gasteiger charge is 2.33. The lowest BCUT2D eigenvalue weighted by Crippen LogP contribution is -2.40. The molecule has 0 bridgehead atoms. The van der Waals surface area contributed by atoms with Crippen molar-refractivity contribution in [3.8, 4) is 0 Å². The van der Waals surface area contributed by atoms with Crippen molar-refractivity contribution in [2.75, 3.05) is 19.8 Å². The summed E-state index contributed by atoms with van der Waals surface area (Å²) in [5.74, 6) is -1.08. The molecule has 122 valence electrons. The molecule has 2 atom stereocenters. The number of carboxylic acid groups (broad SMARTS) is 1. The number of ether oxygens (including phenoxy) is 2. The fourth-order valence-corrected chi connectivity index (χ4v) is 2.35. The zero-order valence-corrected chi connectivity index (χ0v) is 12.9. The number of hydrogen-bond acceptors (Lipinski definition) is 4. The molecule has 1 amide bonds. The van der Waals surface area contributed by atoms with Crippen LogP contribution in [-0.2, 0) is 16.0 Å². The number of hydrogen-bond donors (Lipinski definition) is 2. The van der Waals surface area contributed by atoms with Gasteiger partial charge < -0.3 is 24.6 Å². The molecule has 2 rings (SSSR count). The maximum atomic E-state index is 11.5. The highest BCUT2D eigenvalue weighted by molar-refractivity contribution is 5.65. The average molecular weight is 309 g/mol. The normalized spacial score (nSPS) is 24.5. The summed E-state index contributed by atoms with van der Waals surface area (Å²) in [4.78, 5) is 12.8. The summed E-state index contributed by atoms with van der Waals surface area (Å²) >= 11 is 0. The van der Waals surface area contributed by atoms with Gasteiger partial charge in [-0.3, -0.25) is 0 Å². The molecular formula is C16H23NO5. The molecule has 0 aromatic heterocycles. The van der Waals surface area contributed by atoms with Crippen molar-refractivity contribution in [1.82, 2.24) is 4.90 Å². The summed E-state index contributed by atoms with van der Waals surface area (Å²) in [5.41, 5.74) is 0.908. The summed E-state index contributed by atoms with van der Waals surface area (Å²) < 4.78 is 11.1. The van der Waals surface area contributed by atoms with Crippen LogP contribution in [0.25, 0.3) is 0 Å². The van der Waals surface area contributed by atoms with Gasteiger partial charge in [0, 0.05) is 19.0 Å². The zero-order valence-electron chi connectivity index (χ0n) is 12.9. The Bertz CT molecular complexity index is 491. The van der Waals surface area contributed by atoms with Gasteiger partial charge in [0.25, 0.3) is 0 Å². The van der Waals surface area contributed by atoms with Crippen molar-refractivity contribution in [3.63, 3.8) is 0 Å². The van der Waals surface area contributed by atoms with E-state index in [-0.39, 0.29) is 32.2 Å². The number of carbonyl (C=O) groups is 1. The van der Waals surface area contributed by atoms with E-state index >= 15 is 0 Å². The van der Waals surface area contributed by atoms with Crippen LogP contribution in [0.2, 0.25) is 0 Å². The van der Waals surface area contributed by atoms with Crippen LogP contribution in [0.5, 0.6) is 0 Å². The number of aliphatic hydroxyl groups is 1. The van der Waals surface area contributed by atoms with Gasteiger partial charge >= 0.3 is 6.09 Å². The lowest BCUT2D eigenvalue weighted by Gasteiger charge is -2.27. The van der Waals surface area contributed by atoms with Gasteiger partial charge in [-0.1, -0.05) is 30.3 Å². The molecule has 0 aliphatic carbocycles. The Kier molecular flexibility index (Phi) is 5.39. The van der Waals surface area contributed by atoms with Crippen molar-refractivity contribution < 1.29 is 24.5 Å². The van der Waals surface area contributed by atoms with Crippen LogP contribution in [0.15, 0.2) is 30.3 Å². The van der Waals surface area contributed by atoms with Crippen molar-refractivity contribution in [2.24, 2.45) is 5.92 Å². The monoisotopic (exact) mass is 309 g/mol. The van der Waals surface area contributed by atoms with Crippen molar-refractivity contribution >= 4 is 6.09 Å². The fraction of sp³-hybridized carbons (Fsp3) is 0.562. The molecule has 2 unspecified atom stereocenters. The summed E-state index contributed by atoms with van der Waals surface area (Å²) in [5, 5.41) is 19.6. The largest absolute Gasteiger partial charge is 0.465 e. The SMILES string of the molecule is CC1(C)OCC(O)C(CN(Cc2ccccc2)C(=O)O)CO1. The lowest BCUT2D eigenvalue weighted by atomic mass is 10.0. The third-order valence-electron chi connectivity index (χ3n) is 3.73. The molecule has 1 fully saturated rings. The highest BCUT2D eigenvalue weighted by Crippen LogP contribution is 2.22. The average Bonchev–Trinajstić information content (AvgIpc) is 2.60. The lowest BCUT2D eigenvalue weighted by molar-refractivity contribution is -0.204. The second-order valence-corrected chi connectivity index (χ2v) is 6.00. The highest BCUT2D eigenvalue weighted by atomic mass is 16.7. The van der Waals surface area contributed by atoms with Crippen molar-refractivity contribution in [3.05, 3.63) is 35.9 Å². The molecule has 1 heterocycles. The maximum absolute atomic E-state index is 11.5. The molecular weight excluding hydrogens is 286 g/mol. The van der Waals surface area contributed by atoms with Gasteiger partial charge in [-0.05, 0) is 19.4 Å². The number of nitrogens with zero attached hydrogens (tertiary/aromatic N) is 1. The summed E-state index contributed by atoms with van der Waals surface area (Å²) in [6, 6.07) is 9.38. The number of amides is 1. The van der Waals surface area contributed by atoms with E-state index < -0.39 is 18.0 Å². The molecule has 1 aromatic rings. The van der Waals surface area contributed by atoms with E-state index in [1.807, 2.05) is 30.3 Å². The van der Waals surface area contributed by atoms with Crippen LogP contribution < -0.4 is 0 Å². The fourth-order valence-electron chi connectivity index (χ4n) is 2.35. The first-order valence-electron chi connectivity index (χ1n) is 7.35. The van der Waals surface area contributed by atoms with Crippen molar-refractivity contribution in [2.45, 2.75) is 32.3 Å². The van der Waals surface area contributed by atoms with Gasteiger partial charge in [-0.2, -0.15) is 0 Å². The molecule has 6 heteroatoms. The topological polar surface area (TPSA) is 79.2 Å². The van der Waals surface area contributed by atoms with E-state index in [0.717, 1.165) is 5.56 Å². The molecule has 22 heavy (non-hydrogen) atoms. The Labute approximate surface area is 130 Å². The number of benzene rings is 1. The van der Waals surface area contributed by atoms with E-state index in [1.165, 1.54) is 4.90 Å². The van der Waals surface area contributed by atoms with Crippen LogP contribution in [0.3, 0.4) is 0 Å². The zero-order chi connectivity index (χ0) is 16.2. The molecule has 0 saturated carbocycles. The Hall–Kier alpha value is -1.63. The molecule has 1 aliphatic rings. The number of aliphatic hydroxyl groups excluding tert-OH is 1. The number of rotatable bonds is 4. The quantitative estimate of drug-likeness (QED) is 0.888. The summed E-state index contributed by atoms with van der Waals surface area (Å²) in [6.45, 7) is 4.43. The third kappa shape index (κ3) is 4.69. The van der Waals surface area contributed by atoms with Crippen LogP contribution in [0, 0.1) is 5.92 Å². The van der Waals surface area contributed by atoms with Crippen LogP contribution in [-0.4, -0.2) is 52.9 Å². The van der Waals surface area contributed by atoms with Gasteiger partial charge in [-0.15, -0.1) is 0 Å². The van der Waals surface area contributed by atoms with E-state index in [9.17, 15) is 15.0 Å². The van der Waals surface area contributed by atoms with E-state index in [0.29, 0.717) is 0 Å². The molecule has 2 N–H and O–H groups in total. The minimum atomic E-state index is -1.01. The van der Waals surface area contributed by atoms with Gasteiger partial charge in [-0.25, -0.2) is 4.79 Å². The van der Waals surface area contributed by atoms with Gasteiger partial charge in [0.15, 0.2) is 5.79 Å². The van der Waals surface area contributed by atoms with Crippen LogP contribution in [0.4, 0.5) is 4.79 Å². The second kappa shape index (κ2) is 7.09. The van der Waals surface area contributed by atoms with Gasteiger partial charge in [0.2, 0.25) is 0 Å². The molecule has 0 radical (unpaired) electrons. The minimum Gasteiger partial charge on any atom is -0.465 e. The first-order valence-corrected chi connectivity index (χ1v) is 7.35. The molecule has 6 nitrogen and oxygen atoms in total. The van der Waals surface area contributed by atoms with Crippen LogP contribution >= 0.6 is 0 Å². The molecule has 1 aliphatic heterocycles. The van der Waals surface area contributed by atoms with E-state index in [2.05, 4.69) is 0 Å². The smallest absolute Gasteiger partial charge is 0.407 e. The van der Waals surface area contributed by atoms with Crippen LogP contribution in [0.1, 0.15) is 19.4 Å². The summed E-state index contributed by atoms with van der Waals surface area (Å²) in [7, 11) is 0. The maximum Gasteiger partial charge on any atom is 0.407 e. The second-order valence-electron chi connectivity index (χ2n) is 6.00. The van der Waals surface area contributed by atoms with Gasteiger partial charge in [0.05, 0.1) is 19.3 Å². The Morgan fingerprint density at radius 1 is 1.27 bits per heavy atom. The molecule has 1 saturated heterocycles. The third-order valence-corrected chi connectivity index (χ3v) is 3.73. The Balaban J connectivity index is 2.02. The first-order chi connectivity index (χ1) is 10.4. The van der Waals surface area contributed by atoms with E-state index in [1.54, 1.807) is 13.8 Å². The summed E-state index contributed by atoms with van der Waals surface area (Å²) in [6.07, 6.45) is -1.76.